The van der Waals surface area contributed by atoms with Gasteiger partial charge in [-0.2, -0.15) is 0 Å². The lowest BCUT2D eigenvalue weighted by Crippen LogP contribution is -2.38. The Labute approximate surface area is 148 Å². The maximum absolute atomic E-state index is 12.7. The largest absolute Gasteiger partial charge is 0.335 e. The zero-order chi connectivity index (χ0) is 18.5. The van der Waals surface area contributed by atoms with Crippen molar-refractivity contribution in [3.63, 3.8) is 0 Å². The van der Waals surface area contributed by atoms with E-state index in [0.29, 0.717) is 0 Å². The van der Waals surface area contributed by atoms with Gasteiger partial charge in [0.1, 0.15) is 0 Å². The Hall–Kier alpha value is -2.09. The van der Waals surface area contributed by atoms with Crippen LogP contribution >= 0.6 is 0 Å². The molecule has 0 N–H and O–H groups in total. The van der Waals surface area contributed by atoms with Gasteiger partial charge in [0.05, 0.1) is 6.04 Å². The van der Waals surface area contributed by atoms with Crippen molar-refractivity contribution >= 4 is 5.91 Å². The Morgan fingerprint density at radius 3 is 2.29 bits per heavy atom. The van der Waals surface area contributed by atoms with Gasteiger partial charge in [0.2, 0.25) is 0 Å². The number of hydrogen-bond donors (Lipinski definition) is 0. The molecular weight excluding hydrogens is 294 g/mol. The number of carbonyl (C=O) groups excluding carboxylic acids is 1. The van der Waals surface area contributed by atoms with Gasteiger partial charge in [0.25, 0.3) is 5.91 Å². The van der Waals surface area contributed by atoms with Crippen LogP contribution in [-0.2, 0) is 0 Å². The Morgan fingerprint density at radius 1 is 1.25 bits per heavy atom. The molecule has 1 unspecified atom stereocenters. The lowest BCUT2D eigenvalue weighted by molar-refractivity contribution is 0.0749. The molecule has 0 heterocycles. The Balaban J connectivity index is 0.00000254. The zero-order valence-corrected chi connectivity index (χ0v) is 16.2. The number of amides is 1. The fourth-order valence-electron chi connectivity index (χ4n) is 2.49. The minimum Gasteiger partial charge on any atom is -0.335 e. The average Bonchev–Trinajstić information content (AvgIpc) is 2.62. The van der Waals surface area contributed by atoms with Crippen LogP contribution < -0.4 is 0 Å². The number of carbonyl (C=O) groups is 1. The molecule has 0 fully saturated rings. The topological polar surface area (TPSA) is 20.3 Å². The van der Waals surface area contributed by atoms with E-state index >= 15 is 0 Å². The highest BCUT2D eigenvalue weighted by Crippen LogP contribution is 2.23. The van der Waals surface area contributed by atoms with Gasteiger partial charge in [-0.3, -0.25) is 4.79 Å². The normalized spacial score (nSPS) is 12.3. The van der Waals surface area contributed by atoms with E-state index in [2.05, 4.69) is 19.6 Å². The molecule has 0 saturated carbocycles. The van der Waals surface area contributed by atoms with Crippen molar-refractivity contribution in [2.45, 2.75) is 53.5 Å². The zero-order valence-electron chi connectivity index (χ0n) is 16.2. The fourth-order valence-corrected chi connectivity index (χ4v) is 2.49. The molecule has 0 aliphatic carbocycles. The van der Waals surface area contributed by atoms with Gasteiger partial charge in [-0.25, -0.2) is 0 Å². The summed E-state index contributed by atoms with van der Waals surface area (Å²) in [6.45, 7) is 14.2. The molecule has 0 aromatic heterocycles. The third-order valence-electron chi connectivity index (χ3n) is 3.69. The van der Waals surface area contributed by atoms with E-state index in [1.165, 1.54) is 0 Å². The van der Waals surface area contributed by atoms with Crippen LogP contribution in [0.25, 0.3) is 0 Å². The van der Waals surface area contributed by atoms with Crippen molar-refractivity contribution in [2.75, 3.05) is 7.05 Å². The van der Waals surface area contributed by atoms with E-state index in [1.54, 1.807) is 0 Å². The Kier molecular flexibility index (Phi) is 11.3. The predicted molar refractivity (Wildman–Crippen MR) is 106 cm³/mol. The number of likely N-dealkylation sites (N-methyl/N-ethyl adjacent to an activating group) is 1. The van der Waals surface area contributed by atoms with E-state index < -0.39 is 0 Å². The molecule has 2 nitrogen and oxygen atoms in total. The summed E-state index contributed by atoms with van der Waals surface area (Å²) in [7, 11) is 1.88. The summed E-state index contributed by atoms with van der Waals surface area (Å²) in [5.41, 5.74) is 2.84. The molecule has 0 spiro atoms. The Morgan fingerprint density at radius 2 is 1.83 bits per heavy atom. The van der Waals surface area contributed by atoms with Crippen LogP contribution in [0.2, 0.25) is 0 Å². The molecular formula is C22H33NO. The van der Waals surface area contributed by atoms with Gasteiger partial charge in [-0.15, -0.1) is 0 Å². The van der Waals surface area contributed by atoms with Crippen LogP contribution in [0.5, 0.6) is 0 Å². The summed E-state index contributed by atoms with van der Waals surface area (Å²) >= 11 is 0. The van der Waals surface area contributed by atoms with E-state index in [4.69, 9.17) is 0 Å². The third-order valence-corrected chi connectivity index (χ3v) is 3.69. The first-order chi connectivity index (χ1) is 11.5. The highest BCUT2D eigenvalue weighted by atomic mass is 16.2. The minimum absolute atomic E-state index is 0.0476. The molecule has 1 rings (SSSR count). The molecule has 0 aliphatic rings. The summed E-state index contributed by atoms with van der Waals surface area (Å²) in [5, 5.41) is 0. The summed E-state index contributed by atoms with van der Waals surface area (Å²) < 4.78 is 0. The lowest BCUT2D eigenvalue weighted by Gasteiger charge is -2.31. The van der Waals surface area contributed by atoms with E-state index in [-0.39, 0.29) is 11.9 Å². The van der Waals surface area contributed by atoms with Crippen LogP contribution in [0.15, 0.2) is 66.3 Å². The minimum atomic E-state index is 0.0476. The van der Waals surface area contributed by atoms with Crippen molar-refractivity contribution in [3.05, 3.63) is 71.8 Å². The average molecular weight is 328 g/mol. The molecule has 1 aromatic rings. The van der Waals surface area contributed by atoms with Gasteiger partial charge in [0, 0.05) is 12.6 Å². The first-order valence-electron chi connectivity index (χ1n) is 8.83. The number of benzene rings is 1. The number of hydrogen-bond acceptors (Lipinski definition) is 1. The van der Waals surface area contributed by atoms with E-state index in [1.807, 2.05) is 82.1 Å². The third kappa shape index (κ3) is 6.57. The molecule has 1 aromatic carbocycles. The van der Waals surface area contributed by atoms with Crippen molar-refractivity contribution in [3.8, 4) is 0 Å². The second kappa shape index (κ2) is 12.3. The van der Waals surface area contributed by atoms with Gasteiger partial charge >= 0.3 is 0 Å². The number of allylic oxidation sites excluding steroid dienone is 3. The van der Waals surface area contributed by atoms with Crippen LogP contribution in [0.3, 0.4) is 0 Å². The quantitative estimate of drug-likeness (QED) is 0.560. The van der Waals surface area contributed by atoms with Gasteiger partial charge in [-0.05, 0) is 38.0 Å². The number of nitrogens with zero attached hydrogens (tertiary/aromatic N) is 1. The Bertz CT molecular complexity index is 555. The van der Waals surface area contributed by atoms with Gasteiger partial charge in [-0.1, -0.05) is 75.8 Å². The first-order valence-corrected chi connectivity index (χ1v) is 8.83. The second-order valence-corrected chi connectivity index (χ2v) is 5.51. The molecule has 1 amide bonds. The monoisotopic (exact) mass is 327 g/mol. The highest BCUT2D eigenvalue weighted by Gasteiger charge is 2.23. The van der Waals surface area contributed by atoms with Crippen molar-refractivity contribution in [1.82, 2.24) is 4.90 Å². The predicted octanol–water partition coefficient (Wildman–Crippen LogP) is 6.03. The molecule has 2 heteroatoms. The SMILES string of the molecule is C=C(C)/C(=C\C=C/C)C(CCC)N(C)C(=O)c1ccccc1.CC. The van der Waals surface area contributed by atoms with E-state index in [0.717, 1.165) is 29.6 Å². The summed E-state index contributed by atoms with van der Waals surface area (Å²) in [6.07, 6.45) is 8.00. The molecule has 0 saturated heterocycles. The van der Waals surface area contributed by atoms with Gasteiger partial charge in [0.15, 0.2) is 0 Å². The van der Waals surface area contributed by atoms with E-state index in [9.17, 15) is 4.79 Å². The van der Waals surface area contributed by atoms with Crippen molar-refractivity contribution in [1.29, 1.82) is 0 Å². The van der Waals surface area contributed by atoms with Crippen LogP contribution in [-0.4, -0.2) is 23.9 Å². The second-order valence-electron chi connectivity index (χ2n) is 5.51. The summed E-state index contributed by atoms with van der Waals surface area (Å²) in [5.74, 6) is 0.0479. The smallest absolute Gasteiger partial charge is 0.254 e. The molecule has 0 radical (unpaired) electrons. The summed E-state index contributed by atoms with van der Waals surface area (Å²) in [6, 6.07) is 9.48. The number of rotatable bonds is 7. The molecule has 1 atom stereocenters. The lowest BCUT2D eigenvalue weighted by atomic mass is 9.94. The molecule has 0 aliphatic heterocycles. The fraction of sp³-hybridized carbons (Fsp3) is 0.409. The molecule has 24 heavy (non-hydrogen) atoms. The van der Waals surface area contributed by atoms with Crippen molar-refractivity contribution < 1.29 is 4.79 Å². The standard InChI is InChI=1S/C20H27NO.C2H6/c1-6-8-15-18(16(3)4)19(12-7-2)21(5)20(22)17-13-10-9-11-14-17;1-2/h6,8-11,13-15,19H,3,7,12H2,1-2,4-5H3;1-2H3/b8-6-,18-15+;. The van der Waals surface area contributed by atoms with Crippen LogP contribution in [0.4, 0.5) is 0 Å². The maximum Gasteiger partial charge on any atom is 0.254 e. The van der Waals surface area contributed by atoms with Crippen LogP contribution in [0.1, 0.15) is 57.8 Å². The van der Waals surface area contributed by atoms with Crippen LogP contribution in [0, 0.1) is 0 Å². The van der Waals surface area contributed by atoms with Gasteiger partial charge < -0.3 is 4.90 Å². The summed E-state index contributed by atoms with van der Waals surface area (Å²) in [4.78, 5) is 14.5. The van der Waals surface area contributed by atoms with Crippen molar-refractivity contribution in [2.24, 2.45) is 0 Å². The molecule has 132 valence electrons. The first kappa shape index (κ1) is 21.9. The maximum atomic E-state index is 12.7. The highest BCUT2D eigenvalue weighted by molar-refractivity contribution is 5.94. The molecule has 0 bridgehead atoms.